The number of carboxylic acid groups (broad SMARTS) is 1. The van der Waals surface area contributed by atoms with Crippen LogP contribution in [0.4, 0.5) is 0 Å². The Balaban J connectivity index is 1.70. The van der Waals surface area contributed by atoms with Crippen LogP contribution in [-0.2, 0) is 11.2 Å². The minimum absolute atomic E-state index is 0.284. The van der Waals surface area contributed by atoms with Crippen molar-refractivity contribution in [3.8, 4) is 11.3 Å². The average Bonchev–Trinajstić information content (AvgIpc) is 2.97. The van der Waals surface area contributed by atoms with Crippen molar-refractivity contribution in [1.29, 1.82) is 0 Å². The molecule has 2 N–H and O–H groups in total. The number of aliphatic carboxylic acids is 1. The Morgan fingerprint density at radius 1 is 1.10 bits per heavy atom. The smallest absolute Gasteiger partial charge is 0.303 e. The van der Waals surface area contributed by atoms with Gasteiger partial charge >= 0.3 is 5.97 Å². The predicted molar refractivity (Wildman–Crippen MR) is 76.2 cm³/mol. The molecule has 0 aliphatic rings. The van der Waals surface area contributed by atoms with Crippen molar-refractivity contribution in [3.63, 3.8) is 0 Å². The van der Waals surface area contributed by atoms with Crippen LogP contribution in [0, 0.1) is 0 Å². The van der Waals surface area contributed by atoms with Crippen LogP contribution in [0.3, 0.4) is 0 Å². The highest BCUT2D eigenvalue weighted by Gasteiger charge is 2.01. The summed E-state index contributed by atoms with van der Waals surface area (Å²) in [6, 6.07) is 8.33. The Bertz CT molecular complexity index is 521. The first-order valence-electron chi connectivity index (χ1n) is 6.93. The van der Waals surface area contributed by atoms with E-state index in [0.717, 1.165) is 43.4 Å². The van der Waals surface area contributed by atoms with E-state index < -0.39 is 5.97 Å². The van der Waals surface area contributed by atoms with Crippen LogP contribution in [0.5, 0.6) is 0 Å². The molecule has 1 aromatic carbocycles. The van der Waals surface area contributed by atoms with Crippen LogP contribution in [0.15, 0.2) is 30.5 Å². The van der Waals surface area contributed by atoms with Crippen molar-refractivity contribution in [2.24, 2.45) is 0 Å². The molecule has 20 heavy (non-hydrogen) atoms. The van der Waals surface area contributed by atoms with Gasteiger partial charge in [0.05, 0.1) is 0 Å². The molecular weight excluding hydrogens is 254 g/mol. The minimum atomic E-state index is -0.701. The number of carbonyl (C=O) groups is 1. The SMILES string of the molecule is O=C(O)CCCCCCc1ccc(-c2c[nH]nn2)cc1. The molecule has 5 nitrogen and oxygen atoms in total. The largest absolute Gasteiger partial charge is 0.481 e. The highest BCUT2D eigenvalue weighted by atomic mass is 16.4. The topological polar surface area (TPSA) is 78.9 Å². The van der Waals surface area contributed by atoms with Gasteiger partial charge in [0.25, 0.3) is 0 Å². The third kappa shape index (κ3) is 4.50. The molecule has 0 radical (unpaired) electrons. The summed E-state index contributed by atoms with van der Waals surface area (Å²) in [4.78, 5) is 10.4. The third-order valence-corrected chi connectivity index (χ3v) is 3.27. The number of aromatic amines is 1. The van der Waals surface area contributed by atoms with Crippen molar-refractivity contribution in [2.75, 3.05) is 0 Å². The van der Waals surface area contributed by atoms with E-state index in [2.05, 4.69) is 39.7 Å². The Morgan fingerprint density at radius 3 is 2.50 bits per heavy atom. The number of aryl methyl sites for hydroxylation is 1. The van der Waals surface area contributed by atoms with Crippen molar-refractivity contribution < 1.29 is 9.90 Å². The molecular formula is C15H19N3O2. The van der Waals surface area contributed by atoms with Crippen LogP contribution in [0.25, 0.3) is 11.3 Å². The second kappa shape index (κ2) is 7.43. The Morgan fingerprint density at radius 2 is 1.85 bits per heavy atom. The number of carboxylic acids is 1. The van der Waals surface area contributed by atoms with E-state index in [4.69, 9.17) is 5.11 Å². The maximum Gasteiger partial charge on any atom is 0.303 e. The Hall–Kier alpha value is -2.17. The molecule has 2 rings (SSSR count). The maximum absolute atomic E-state index is 10.4. The molecule has 0 saturated carbocycles. The number of H-pyrrole nitrogens is 1. The number of benzene rings is 1. The summed E-state index contributed by atoms with van der Waals surface area (Å²) in [6.07, 6.45) is 7.04. The second-order valence-corrected chi connectivity index (χ2v) is 4.86. The van der Waals surface area contributed by atoms with E-state index in [9.17, 15) is 4.79 Å². The molecule has 1 heterocycles. The molecule has 0 atom stereocenters. The van der Waals surface area contributed by atoms with Gasteiger partial charge in [-0.15, -0.1) is 5.10 Å². The number of nitrogens with one attached hydrogen (secondary N) is 1. The van der Waals surface area contributed by atoms with Crippen molar-refractivity contribution in [1.82, 2.24) is 15.4 Å². The number of rotatable bonds is 8. The zero-order valence-corrected chi connectivity index (χ0v) is 11.4. The molecule has 0 aliphatic heterocycles. The zero-order valence-electron chi connectivity index (χ0n) is 11.4. The lowest BCUT2D eigenvalue weighted by molar-refractivity contribution is -0.137. The summed E-state index contributed by atoms with van der Waals surface area (Å²) in [7, 11) is 0. The molecule has 0 bridgehead atoms. The number of aromatic nitrogens is 3. The number of hydrogen-bond donors (Lipinski definition) is 2. The molecule has 0 spiro atoms. The fraction of sp³-hybridized carbons (Fsp3) is 0.400. The molecule has 106 valence electrons. The Labute approximate surface area is 118 Å². The minimum Gasteiger partial charge on any atom is -0.481 e. The number of hydrogen-bond acceptors (Lipinski definition) is 3. The maximum atomic E-state index is 10.4. The van der Waals surface area contributed by atoms with E-state index in [-0.39, 0.29) is 6.42 Å². The molecule has 1 aromatic heterocycles. The van der Waals surface area contributed by atoms with Gasteiger partial charge in [-0.25, -0.2) is 0 Å². The fourth-order valence-corrected chi connectivity index (χ4v) is 2.14. The van der Waals surface area contributed by atoms with E-state index >= 15 is 0 Å². The van der Waals surface area contributed by atoms with Crippen LogP contribution in [-0.4, -0.2) is 26.5 Å². The van der Waals surface area contributed by atoms with E-state index in [1.54, 1.807) is 6.20 Å². The van der Waals surface area contributed by atoms with Crippen molar-refractivity contribution >= 4 is 5.97 Å². The van der Waals surface area contributed by atoms with Crippen molar-refractivity contribution in [3.05, 3.63) is 36.0 Å². The molecule has 0 saturated heterocycles. The van der Waals surface area contributed by atoms with Crippen LogP contribution in [0.2, 0.25) is 0 Å². The summed E-state index contributed by atoms with van der Waals surface area (Å²) in [5.41, 5.74) is 3.21. The molecule has 0 unspecified atom stereocenters. The molecule has 0 amide bonds. The van der Waals surface area contributed by atoms with Gasteiger partial charge in [0, 0.05) is 18.2 Å². The second-order valence-electron chi connectivity index (χ2n) is 4.86. The van der Waals surface area contributed by atoms with Crippen LogP contribution < -0.4 is 0 Å². The van der Waals surface area contributed by atoms with Gasteiger partial charge in [-0.1, -0.05) is 42.3 Å². The highest BCUT2D eigenvalue weighted by molar-refractivity contribution is 5.66. The van der Waals surface area contributed by atoms with Gasteiger partial charge in [0.2, 0.25) is 0 Å². The standard InChI is InChI=1S/C15H19N3O2/c19-15(20)6-4-2-1-3-5-12-7-9-13(10-8-12)14-11-16-18-17-14/h7-11H,1-6H2,(H,19,20)(H,16,17,18). The lowest BCUT2D eigenvalue weighted by atomic mass is 10.0. The predicted octanol–water partition coefficient (Wildman–Crippen LogP) is 3.05. The monoisotopic (exact) mass is 273 g/mol. The van der Waals surface area contributed by atoms with E-state index in [1.807, 2.05) is 0 Å². The van der Waals surface area contributed by atoms with Gasteiger partial charge < -0.3 is 5.11 Å². The molecule has 5 heteroatoms. The van der Waals surface area contributed by atoms with Gasteiger partial charge in [-0.05, 0) is 24.8 Å². The number of nitrogens with zero attached hydrogens (tertiary/aromatic N) is 2. The lowest BCUT2D eigenvalue weighted by Gasteiger charge is -2.03. The summed E-state index contributed by atoms with van der Waals surface area (Å²) >= 11 is 0. The van der Waals surface area contributed by atoms with E-state index in [1.165, 1.54) is 5.56 Å². The van der Waals surface area contributed by atoms with Gasteiger partial charge in [-0.2, -0.15) is 0 Å². The lowest BCUT2D eigenvalue weighted by Crippen LogP contribution is -1.94. The van der Waals surface area contributed by atoms with Crippen molar-refractivity contribution in [2.45, 2.75) is 38.5 Å². The summed E-state index contributed by atoms with van der Waals surface area (Å²) in [5.74, 6) is -0.701. The first-order chi connectivity index (χ1) is 9.75. The fourth-order valence-electron chi connectivity index (χ4n) is 2.14. The molecule has 2 aromatic rings. The van der Waals surface area contributed by atoms with E-state index in [0.29, 0.717) is 0 Å². The third-order valence-electron chi connectivity index (χ3n) is 3.27. The quantitative estimate of drug-likeness (QED) is 0.724. The van der Waals surface area contributed by atoms with Gasteiger partial charge in [0.1, 0.15) is 5.69 Å². The average molecular weight is 273 g/mol. The molecule has 0 aliphatic carbocycles. The Kier molecular flexibility index (Phi) is 5.29. The highest BCUT2D eigenvalue weighted by Crippen LogP contribution is 2.17. The first kappa shape index (κ1) is 14.2. The normalized spacial score (nSPS) is 10.6. The van der Waals surface area contributed by atoms with Crippen LogP contribution in [0.1, 0.15) is 37.7 Å². The molecule has 0 fully saturated rings. The summed E-state index contributed by atoms with van der Waals surface area (Å²) in [5, 5.41) is 18.9. The summed E-state index contributed by atoms with van der Waals surface area (Å²) < 4.78 is 0. The first-order valence-corrected chi connectivity index (χ1v) is 6.93. The number of unbranched alkanes of at least 4 members (excludes halogenated alkanes) is 3. The summed E-state index contributed by atoms with van der Waals surface area (Å²) in [6.45, 7) is 0. The van der Waals surface area contributed by atoms with Gasteiger partial charge in [0.15, 0.2) is 0 Å². The zero-order chi connectivity index (χ0) is 14.2. The van der Waals surface area contributed by atoms with Crippen LogP contribution >= 0.6 is 0 Å². The van der Waals surface area contributed by atoms with Gasteiger partial charge in [-0.3, -0.25) is 9.89 Å².